The Kier molecular flexibility index (Phi) is 11.0. The van der Waals surface area contributed by atoms with Crippen LogP contribution in [-0.4, -0.2) is 30.7 Å². The lowest BCUT2D eigenvalue weighted by molar-refractivity contribution is -0.119. The SMILES string of the molecule is COCC(C)(C)CCCCC(=O)CCCCC(C)(C)CC(C)O. The molecule has 0 aliphatic rings. The number of rotatable bonds is 14. The first-order chi connectivity index (χ1) is 10.6. The summed E-state index contributed by atoms with van der Waals surface area (Å²) in [7, 11) is 1.74. The Balaban J connectivity index is 3.69. The third kappa shape index (κ3) is 13.7. The molecule has 0 aliphatic heterocycles. The normalized spacial score (nSPS) is 14.0. The van der Waals surface area contributed by atoms with E-state index >= 15 is 0 Å². The zero-order valence-corrected chi connectivity index (χ0v) is 16.4. The van der Waals surface area contributed by atoms with Crippen LogP contribution in [0.15, 0.2) is 0 Å². The summed E-state index contributed by atoms with van der Waals surface area (Å²) in [5.41, 5.74) is 0.386. The standard InChI is InChI=1S/C20H40O3/c1-17(21)15-19(2,3)13-9-7-11-18(22)12-8-10-14-20(4,5)16-23-6/h17,21H,7-16H2,1-6H3. The molecule has 3 heteroatoms. The van der Waals surface area contributed by atoms with Crippen LogP contribution in [0.2, 0.25) is 0 Å². The lowest BCUT2D eigenvalue weighted by atomic mass is 9.82. The summed E-state index contributed by atoms with van der Waals surface area (Å²) in [5, 5.41) is 9.48. The van der Waals surface area contributed by atoms with E-state index in [0.717, 1.165) is 58.0 Å². The third-order valence-corrected chi connectivity index (χ3v) is 4.50. The van der Waals surface area contributed by atoms with Gasteiger partial charge in [-0.1, -0.05) is 40.5 Å². The number of aliphatic hydroxyl groups is 1. The van der Waals surface area contributed by atoms with Crippen molar-refractivity contribution in [3.63, 3.8) is 0 Å². The molecular formula is C20H40O3. The molecule has 0 saturated carbocycles. The van der Waals surface area contributed by atoms with Crippen molar-refractivity contribution in [1.29, 1.82) is 0 Å². The first-order valence-corrected chi connectivity index (χ1v) is 9.27. The molecule has 1 atom stereocenters. The maximum atomic E-state index is 11.9. The molecule has 0 amide bonds. The minimum Gasteiger partial charge on any atom is -0.393 e. The summed E-state index contributed by atoms with van der Waals surface area (Å²) in [5.74, 6) is 0.405. The average molecular weight is 329 g/mol. The van der Waals surface area contributed by atoms with E-state index < -0.39 is 0 Å². The number of carbonyl (C=O) groups excluding carboxylic acids is 1. The number of ketones is 1. The van der Waals surface area contributed by atoms with E-state index in [1.165, 1.54) is 0 Å². The highest BCUT2D eigenvalue weighted by molar-refractivity contribution is 5.78. The van der Waals surface area contributed by atoms with Gasteiger partial charge in [0.15, 0.2) is 0 Å². The molecule has 0 rings (SSSR count). The fraction of sp³-hybridized carbons (Fsp3) is 0.950. The number of Topliss-reactive ketones (excluding diaryl/α,β-unsaturated/α-hetero) is 1. The van der Waals surface area contributed by atoms with E-state index in [2.05, 4.69) is 27.7 Å². The van der Waals surface area contributed by atoms with Crippen molar-refractivity contribution in [2.45, 2.75) is 98.5 Å². The second kappa shape index (κ2) is 11.2. The molecule has 0 aromatic carbocycles. The summed E-state index contributed by atoms with van der Waals surface area (Å²) in [6.07, 6.45) is 8.38. The summed E-state index contributed by atoms with van der Waals surface area (Å²) >= 11 is 0. The number of hydrogen-bond donors (Lipinski definition) is 1. The molecule has 0 radical (unpaired) electrons. The van der Waals surface area contributed by atoms with E-state index in [4.69, 9.17) is 4.74 Å². The molecule has 0 bridgehead atoms. The van der Waals surface area contributed by atoms with Gasteiger partial charge in [-0.2, -0.15) is 0 Å². The molecule has 23 heavy (non-hydrogen) atoms. The van der Waals surface area contributed by atoms with Crippen molar-refractivity contribution in [3.8, 4) is 0 Å². The summed E-state index contributed by atoms with van der Waals surface area (Å²) < 4.78 is 5.22. The van der Waals surface area contributed by atoms with Crippen LogP contribution in [0.1, 0.15) is 92.4 Å². The Hall–Kier alpha value is -0.410. The highest BCUT2D eigenvalue weighted by Gasteiger charge is 2.20. The largest absolute Gasteiger partial charge is 0.393 e. The highest BCUT2D eigenvalue weighted by Crippen LogP contribution is 2.29. The van der Waals surface area contributed by atoms with E-state index in [9.17, 15) is 9.90 Å². The van der Waals surface area contributed by atoms with Crippen LogP contribution in [0, 0.1) is 10.8 Å². The molecule has 1 unspecified atom stereocenters. The van der Waals surface area contributed by atoms with Crippen molar-refractivity contribution in [1.82, 2.24) is 0 Å². The Morgan fingerprint density at radius 3 is 1.87 bits per heavy atom. The predicted molar refractivity (Wildman–Crippen MR) is 97.7 cm³/mol. The fourth-order valence-corrected chi connectivity index (χ4v) is 3.34. The number of aliphatic hydroxyl groups excluding tert-OH is 1. The maximum absolute atomic E-state index is 11.9. The fourth-order valence-electron chi connectivity index (χ4n) is 3.34. The Morgan fingerprint density at radius 1 is 0.957 bits per heavy atom. The zero-order valence-electron chi connectivity index (χ0n) is 16.4. The molecule has 0 saturated heterocycles. The van der Waals surface area contributed by atoms with Gasteiger partial charge >= 0.3 is 0 Å². The molecule has 0 fully saturated rings. The summed E-state index contributed by atoms with van der Waals surface area (Å²) in [6, 6.07) is 0. The van der Waals surface area contributed by atoms with E-state index in [1.807, 2.05) is 6.92 Å². The van der Waals surface area contributed by atoms with Gasteiger partial charge in [0, 0.05) is 20.0 Å². The lowest BCUT2D eigenvalue weighted by Gasteiger charge is -2.26. The maximum Gasteiger partial charge on any atom is 0.132 e. The van der Waals surface area contributed by atoms with Gasteiger partial charge in [-0.3, -0.25) is 4.79 Å². The Bertz CT molecular complexity index is 319. The Labute approximate surface area is 144 Å². The number of unbranched alkanes of at least 4 members (excludes halogenated alkanes) is 2. The number of carbonyl (C=O) groups is 1. The van der Waals surface area contributed by atoms with Crippen LogP contribution in [0.4, 0.5) is 0 Å². The molecule has 0 aliphatic carbocycles. The van der Waals surface area contributed by atoms with Crippen LogP contribution >= 0.6 is 0 Å². The Morgan fingerprint density at radius 2 is 1.43 bits per heavy atom. The smallest absolute Gasteiger partial charge is 0.132 e. The minimum atomic E-state index is -0.242. The predicted octanol–water partition coefficient (Wildman–Crippen LogP) is 5.15. The van der Waals surface area contributed by atoms with Gasteiger partial charge in [-0.05, 0) is 49.9 Å². The van der Waals surface area contributed by atoms with Gasteiger partial charge in [0.2, 0.25) is 0 Å². The van der Waals surface area contributed by atoms with E-state index in [0.29, 0.717) is 12.2 Å². The van der Waals surface area contributed by atoms with Gasteiger partial charge in [0.25, 0.3) is 0 Å². The molecule has 0 aromatic heterocycles. The van der Waals surface area contributed by atoms with Crippen molar-refractivity contribution in [2.75, 3.05) is 13.7 Å². The lowest BCUT2D eigenvalue weighted by Crippen LogP contribution is -2.18. The highest BCUT2D eigenvalue weighted by atomic mass is 16.5. The molecule has 1 N–H and O–H groups in total. The van der Waals surface area contributed by atoms with Gasteiger partial charge in [0.05, 0.1) is 12.7 Å². The third-order valence-electron chi connectivity index (χ3n) is 4.50. The first-order valence-electron chi connectivity index (χ1n) is 9.27. The van der Waals surface area contributed by atoms with Crippen molar-refractivity contribution in [3.05, 3.63) is 0 Å². The number of hydrogen-bond acceptors (Lipinski definition) is 3. The zero-order chi connectivity index (χ0) is 17.9. The number of ether oxygens (including phenoxy) is 1. The van der Waals surface area contributed by atoms with Gasteiger partial charge in [0.1, 0.15) is 5.78 Å². The summed E-state index contributed by atoms with van der Waals surface area (Å²) in [4.78, 5) is 11.9. The summed E-state index contributed by atoms with van der Waals surface area (Å²) in [6.45, 7) is 11.5. The second-order valence-corrected chi connectivity index (χ2v) is 8.77. The van der Waals surface area contributed by atoms with E-state index in [1.54, 1.807) is 7.11 Å². The van der Waals surface area contributed by atoms with E-state index in [-0.39, 0.29) is 16.9 Å². The van der Waals surface area contributed by atoms with Crippen molar-refractivity contribution >= 4 is 5.78 Å². The van der Waals surface area contributed by atoms with Crippen LogP contribution in [0.25, 0.3) is 0 Å². The molecular weight excluding hydrogens is 288 g/mol. The van der Waals surface area contributed by atoms with Crippen LogP contribution in [0.3, 0.4) is 0 Å². The first kappa shape index (κ1) is 22.6. The van der Waals surface area contributed by atoms with Crippen LogP contribution < -0.4 is 0 Å². The van der Waals surface area contributed by atoms with Gasteiger partial charge in [-0.25, -0.2) is 0 Å². The molecule has 0 heterocycles. The molecule has 0 spiro atoms. The topological polar surface area (TPSA) is 46.5 Å². The molecule has 138 valence electrons. The second-order valence-electron chi connectivity index (χ2n) is 8.77. The minimum absolute atomic E-state index is 0.171. The average Bonchev–Trinajstić information content (AvgIpc) is 2.38. The van der Waals surface area contributed by atoms with Crippen LogP contribution in [0.5, 0.6) is 0 Å². The molecule has 0 aromatic rings. The monoisotopic (exact) mass is 328 g/mol. The quantitative estimate of drug-likeness (QED) is 0.449. The number of methoxy groups -OCH3 is 1. The van der Waals surface area contributed by atoms with Gasteiger partial charge in [-0.15, -0.1) is 0 Å². The van der Waals surface area contributed by atoms with Gasteiger partial charge < -0.3 is 9.84 Å². The van der Waals surface area contributed by atoms with Crippen molar-refractivity contribution in [2.24, 2.45) is 10.8 Å². The molecule has 3 nitrogen and oxygen atoms in total. The van der Waals surface area contributed by atoms with Crippen LogP contribution in [-0.2, 0) is 9.53 Å². The van der Waals surface area contributed by atoms with Crippen molar-refractivity contribution < 1.29 is 14.6 Å².